The van der Waals surface area contributed by atoms with Crippen LogP contribution in [0.3, 0.4) is 0 Å². The van der Waals surface area contributed by atoms with Crippen LogP contribution in [0.25, 0.3) is 0 Å². The van der Waals surface area contributed by atoms with Crippen molar-refractivity contribution in [1.29, 1.82) is 0 Å². The zero-order chi connectivity index (χ0) is 24.0. The number of hydrogen-bond donors (Lipinski definition) is 2. The lowest BCUT2D eigenvalue weighted by molar-refractivity contribution is -0.0604. The number of aromatic nitrogens is 3. The molecule has 0 aliphatic carbocycles. The van der Waals surface area contributed by atoms with Gasteiger partial charge in [-0.2, -0.15) is 4.98 Å². The fraction of sp³-hybridized carbons (Fsp3) is 0.850. The first-order chi connectivity index (χ1) is 14.9. The normalized spacial score (nSPS) is 30.0. The van der Waals surface area contributed by atoms with Crippen molar-refractivity contribution in [3.05, 3.63) is 16.8 Å². The highest BCUT2D eigenvalue weighted by atomic mass is 28.5. The molecule has 2 aliphatic rings. The van der Waals surface area contributed by atoms with E-state index in [1.165, 1.54) is 6.33 Å². The Kier molecular flexibility index (Phi) is 7.35. The lowest BCUT2D eigenvalue weighted by Gasteiger charge is -2.51. The summed E-state index contributed by atoms with van der Waals surface area (Å²) in [5.74, 6) is -0.131. The predicted molar refractivity (Wildman–Crippen MR) is 124 cm³/mol. The molecule has 1 aromatic rings. The second kappa shape index (κ2) is 9.24. The molecular formula is C20H38N4O6Si2. The van der Waals surface area contributed by atoms with Crippen LogP contribution in [0, 0.1) is 0 Å². The van der Waals surface area contributed by atoms with Crippen molar-refractivity contribution in [2.24, 2.45) is 0 Å². The molecule has 10 nitrogen and oxygen atoms in total. The molecule has 0 saturated carbocycles. The molecule has 3 heterocycles. The van der Waals surface area contributed by atoms with E-state index in [-0.39, 0.29) is 34.7 Å². The van der Waals surface area contributed by atoms with Gasteiger partial charge >= 0.3 is 22.8 Å². The van der Waals surface area contributed by atoms with E-state index in [9.17, 15) is 9.90 Å². The van der Waals surface area contributed by atoms with Gasteiger partial charge in [0, 0.05) is 0 Å². The minimum atomic E-state index is -2.90. The first kappa shape index (κ1) is 25.5. The predicted octanol–water partition coefficient (Wildman–Crippen LogP) is 2.44. The summed E-state index contributed by atoms with van der Waals surface area (Å²) in [5.41, 5.74) is 5.50. The zero-order valence-corrected chi connectivity index (χ0v) is 22.3. The van der Waals surface area contributed by atoms with Gasteiger partial charge in [0.25, 0.3) is 0 Å². The van der Waals surface area contributed by atoms with Crippen LogP contribution in [0.2, 0.25) is 22.2 Å². The van der Waals surface area contributed by atoms with Gasteiger partial charge in [-0.3, -0.25) is 4.57 Å². The third-order valence-corrected chi connectivity index (χ3v) is 16.9. The summed E-state index contributed by atoms with van der Waals surface area (Å²) >= 11 is 0. The van der Waals surface area contributed by atoms with Crippen molar-refractivity contribution in [2.75, 3.05) is 12.3 Å². The number of nitrogens with zero attached hydrogens (tertiary/aromatic N) is 3. The van der Waals surface area contributed by atoms with E-state index in [4.69, 9.17) is 23.4 Å². The fourth-order valence-electron chi connectivity index (χ4n) is 4.90. The SMILES string of the molecule is CC(C)[Si]1(C(C)C)OC[C@@H]2O[C@H](n3cnc(N)nc3=O)[C@@H](O)[C@H]2O[Si](C(C)C)(C(C)C)O1. The Morgan fingerprint density at radius 3 is 2.12 bits per heavy atom. The van der Waals surface area contributed by atoms with Crippen LogP contribution in [-0.4, -0.2) is 61.7 Å². The summed E-state index contributed by atoms with van der Waals surface area (Å²) in [7, 11) is -5.62. The number of hydrogen-bond acceptors (Lipinski definition) is 9. The number of nitrogens with two attached hydrogens (primary N) is 1. The first-order valence-corrected chi connectivity index (χ1v) is 15.4. The molecule has 0 spiro atoms. The Morgan fingerprint density at radius 2 is 1.62 bits per heavy atom. The molecule has 0 amide bonds. The van der Waals surface area contributed by atoms with Crippen LogP contribution in [-0.2, 0) is 17.7 Å². The number of fused-ring (bicyclic) bond motifs is 1. The zero-order valence-electron chi connectivity index (χ0n) is 20.3. The summed E-state index contributed by atoms with van der Waals surface area (Å²) in [4.78, 5) is 19.9. The molecule has 182 valence electrons. The molecular weight excluding hydrogens is 448 g/mol. The van der Waals surface area contributed by atoms with E-state index in [1.54, 1.807) is 0 Å². The van der Waals surface area contributed by atoms with Gasteiger partial charge in [0.15, 0.2) is 6.23 Å². The van der Waals surface area contributed by atoms with Crippen LogP contribution in [0.15, 0.2) is 11.1 Å². The molecule has 0 radical (unpaired) electrons. The number of aliphatic hydroxyl groups is 1. The van der Waals surface area contributed by atoms with Crippen molar-refractivity contribution >= 4 is 23.1 Å². The van der Waals surface area contributed by atoms with Gasteiger partial charge in [-0.25, -0.2) is 9.78 Å². The average Bonchev–Trinajstić information content (AvgIpc) is 2.96. The van der Waals surface area contributed by atoms with Crippen LogP contribution in [0.5, 0.6) is 0 Å². The van der Waals surface area contributed by atoms with Gasteiger partial charge in [-0.05, 0) is 22.2 Å². The number of nitrogen functional groups attached to an aromatic ring is 1. The molecule has 2 fully saturated rings. The fourth-order valence-corrected chi connectivity index (χ4v) is 16.1. The standard InChI is InChI=1S/C20H38N4O6Si2/c1-11(2)31(12(3)4)27-9-15-17(29-32(30-31,13(5)6)14(7)8)16(25)18(28-15)24-10-22-19(21)23-20(24)26/h10-18,25H,9H2,1-8H3,(H2,21,23,26)/t15-,16-,17-,18-/m0/s1. The largest absolute Gasteiger partial charge is 0.414 e. The van der Waals surface area contributed by atoms with Gasteiger partial charge in [-0.1, -0.05) is 55.4 Å². The summed E-state index contributed by atoms with van der Waals surface area (Å²) in [6.07, 6.45) is -2.13. The van der Waals surface area contributed by atoms with Crippen LogP contribution >= 0.6 is 0 Å². The van der Waals surface area contributed by atoms with Gasteiger partial charge < -0.3 is 28.5 Å². The minimum absolute atomic E-state index is 0.114. The molecule has 3 N–H and O–H groups in total. The quantitative estimate of drug-likeness (QED) is 0.602. The highest BCUT2D eigenvalue weighted by molar-refractivity contribution is 6.83. The monoisotopic (exact) mass is 486 g/mol. The molecule has 32 heavy (non-hydrogen) atoms. The number of aliphatic hydroxyl groups excluding tert-OH is 1. The van der Waals surface area contributed by atoms with Gasteiger partial charge in [0.1, 0.15) is 24.6 Å². The molecule has 2 aliphatic heterocycles. The molecule has 0 aromatic carbocycles. The van der Waals surface area contributed by atoms with Crippen LogP contribution in [0.1, 0.15) is 61.6 Å². The van der Waals surface area contributed by atoms with E-state index >= 15 is 0 Å². The Balaban J connectivity index is 2.07. The highest BCUT2D eigenvalue weighted by Gasteiger charge is 2.61. The number of ether oxygens (including phenoxy) is 1. The van der Waals surface area contributed by atoms with E-state index < -0.39 is 47.4 Å². The maximum Gasteiger partial charge on any atom is 0.354 e. The second-order valence-corrected chi connectivity index (χ2v) is 18.9. The van der Waals surface area contributed by atoms with E-state index in [2.05, 4.69) is 65.4 Å². The maximum absolute atomic E-state index is 12.4. The Hall–Kier alpha value is -1.16. The Labute approximate surface area is 191 Å². The Bertz CT molecular complexity index is 849. The van der Waals surface area contributed by atoms with E-state index in [0.717, 1.165) is 4.57 Å². The lowest BCUT2D eigenvalue weighted by atomic mass is 10.1. The molecule has 12 heteroatoms. The molecule has 3 rings (SSSR count). The number of anilines is 1. The van der Waals surface area contributed by atoms with E-state index in [0.29, 0.717) is 0 Å². The average molecular weight is 487 g/mol. The summed E-state index contributed by atoms with van der Waals surface area (Å²) in [6, 6.07) is 0. The van der Waals surface area contributed by atoms with Crippen molar-refractivity contribution in [3.8, 4) is 0 Å². The van der Waals surface area contributed by atoms with Crippen molar-refractivity contribution < 1.29 is 22.8 Å². The van der Waals surface area contributed by atoms with Crippen LogP contribution < -0.4 is 11.4 Å². The summed E-state index contributed by atoms with van der Waals surface area (Å²) in [6.45, 7) is 17.2. The topological polar surface area (TPSA) is 131 Å². The smallest absolute Gasteiger partial charge is 0.354 e. The molecule has 4 atom stereocenters. The van der Waals surface area contributed by atoms with Gasteiger partial charge in [0.2, 0.25) is 5.95 Å². The third kappa shape index (κ3) is 4.21. The van der Waals surface area contributed by atoms with Gasteiger partial charge in [-0.15, -0.1) is 0 Å². The minimum Gasteiger partial charge on any atom is -0.414 e. The molecule has 0 bridgehead atoms. The van der Waals surface area contributed by atoms with Crippen molar-refractivity contribution in [3.63, 3.8) is 0 Å². The van der Waals surface area contributed by atoms with Crippen LogP contribution in [0.4, 0.5) is 5.95 Å². The summed E-state index contributed by atoms with van der Waals surface area (Å²) < 4.78 is 27.9. The highest BCUT2D eigenvalue weighted by Crippen LogP contribution is 2.48. The second-order valence-electron chi connectivity index (χ2n) is 10.0. The maximum atomic E-state index is 12.4. The Morgan fingerprint density at radius 1 is 1.06 bits per heavy atom. The summed E-state index contributed by atoms with van der Waals surface area (Å²) in [5, 5.41) is 11.2. The van der Waals surface area contributed by atoms with Gasteiger partial charge in [0.05, 0.1) is 6.61 Å². The molecule has 1 aromatic heterocycles. The van der Waals surface area contributed by atoms with E-state index in [1.807, 2.05) is 0 Å². The molecule has 0 unspecified atom stereocenters. The third-order valence-electron chi connectivity index (χ3n) is 6.66. The van der Waals surface area contributed by atoms with Crippen molar-refractivity contribution in [1.82, 2.24) is 14.5 Å². The van der Waals surface area contributed by atoms with Crippen molar-refractivity contribution in [2.45, 2.75) is 102 Å². The number of rotatable bonds is 5. The first-order valence-electron chi connectivity index (χ1n) is 11.4. The lowest BCUT2D eigenvalue weighted by Crippen LogP contribution is -2.65. The molecule has 2 saturated heterocycles.